The summed E-state index contributed by atoms with van der Waals surface area (Å²) in [5, 5.41) is 6.70. The molecule has 0 saturated carbocycles. The predicted molar refractivity (Wildman–Crippen MR) is 142 cm³/mol. The molecular weight excluding hydrogens is 450 g/mol. The molecule has 2 aromatic heterocycles. The number of carbonyl (C=O) groups is 2. The highest BCUT2D eigenvalue weighted by Crippen LogP contribution is 2.37. The van der Waals surface area contributed by atoms with Crippen LogP contribution in [0, 0.1) is 0 Å². The van der Waals surface area contributed by atoms with Crippen LogP contribution in [0.2, 0.25) is 0 Å². The van der Waals surface area contributed by atoms with Crippen LogP contribution in [0.5, 0.6) is 0 Å². The Bertz CT molecular complexity index is 1500. The maximum atomic E-state index is 13.6. The number of anilines is 2. The normalized spacial score (nSPS) is 16.2. The molecule has 36 heavy (non-hydrogen) atoms. The van der Waals surface area contributed by atoms with Crippen LogP contribution in [-0.2, 0) is 11.2 Å². The molecule has 0 radical (unpaired) electrons. The van der Waals surface area contributed by atoms with Crippen molar-refractivity contribution in [3.8, 4) is 0 Å². The second-order valence-corrected chi connectivity index (χ2v) is 9.04. The minimum atomic E-state index is -0.169. The van der Waals surface area contributed by atoms with Crippen molar-refractivity contribution >= 4 is 45.9 Å². The molecule has 2 aromatic carbocycles. The molecule has 0 unspecified atom stereocenters. The van der Waals surface area contributed by atoms with E-state index in [1.54, 1.807) is 6.20 Å². The topological polar surface area (TPSA) is 87.2 Å². The molecule has 0 spiro atoms. The number of para-hydroxylation sites is 1. The van der Waals surface area contributed by atoms with E-state index in [4.69, 9.17) is 4.98 Å². The Hall–Kier alpha value is -4.52. The summed E-state index contributed by atoms with van der Waals surface area (Å²) in [7, 11) is 0. The quantitative estimate of drug-likeness (QED) is 0.459. The van der Waals surface area contributed by atoms with E-state index in [9.17, 15) is 9.59 Å². The molecule has 0 bridgehead atoms. The molecule has 6 rings (SSSR count). The molecule has 2 amide bonds. The average Bonchev–Trinajstić information content (AvgIpc) is 3.30. The monoisotopic (exact) mass is 475 g/mol. The number of amides is 2. The third-order valence-electron chi connectivity index (χ3n) is 6.68. The van der Waals surface area contributed by atoms with Gasteiger partial charge in [0.1, 0.15) is 5.82 Å². The van der Waals surface area contributed by atoms with Gasteiger partial charge < -0.3 is 15.5 Å². The molecule has 1 aliphatic carbocycles. The second kappa shape index (κ2) is 9.26. The standard InChI is InChI=1S/C29H25N5O2/c35-26-18-34(15-14-30-26)25-13-11-21(17-31-25)32-29(36)27-22-8-4-5-9-24(22)33-28-20(10-12-23(27)28)16-19-6-2-1-3-7-19/h1-9,11,13,16-17H,10,12,14-15,18H2,(H,30,35)(H,32,36)/b20-16-. The fourth-order valence-corrected chi connectivity index (χ4v) is 4.96. The Labute approximate surface area is 208 Å². The number of piperazine rings is 1. The van der Waals surface area contributed by atoms with Crippen LogP contribution in [0.3, 0.4) is 0 Å². The van der Waals surface area contributed by atoms with Gasteiger partial charge in [-0.15, -0.1) is 0 Å². The van der Waals surface area contributed by atoms with E-state index in [2.05, 4.69) is 33.8 Å². The number of hydrogen-bond acceptors (Lipinski definition) is 5. The van der Waals surface area contributed by atoms with Gasteiger partial charge in [0.25, 0.3) is 5.91 Å². The maximum absolute atomic E-state index is 13.6. The summed E-state index contributed by atoms with van der Waals surface area (Å²) in [6, 6.07) is 21.7. The lowest BCUT2D eigenvalue weighted by Crippen LogP contribution is -2.48. The molecule has 1 saturated heterocycles. The van der Waals surface area contributed by atoms with Crippen LogP contribution in [0.25, 0.3) is 22.6 Å². The van der Waals surface area contributed by atoms with Crippen molar-refractivity contribution < 1.29 is 9.59 Å². The van der Waals surface area contributed by atoms with Crippen molar-refractivity contribution in [2.75, 3.05) is 29.9 Å². The van der Waals surface area contributed by atoms with Crippen molar-refractivity contribution in [3.63, 3.8) is 0 Å². The van der Waals surface area contributed by atoms with Crippen LogP contribution in [-0.4, -0.2) is 41.4 Å². The van der Waals surface area contributed by atoms with E-state index in [1.807, 2.05) is 59.5 Å². The van der Waals surface area contributed by atoms with E-state index in [-0.39, 0.29) is 18.4 Å². The summed E-state index contributed by atoms with van der Waals surface area (Å²) >= 11 is 0. The largest absolute Gasteiger partial charge is 0.353 e. The molecule has 0 atom stereocenters. The van der Waals surface area contributed by atoms with Gasteiger partial charge >= 0.3 is 0 Å². The minimum absolute atomic E-state index is 0.0143. The molecule has 1 fully saturated rings. The number of carbonyl (C=O) groups excluding carboxylic acids is 2. The third kappa shape index (κ3) is 4.20. The fourth-order valence-electron chi connectivity index (χ4n) is 4.96. The zero-order valence-electron chi connectivity index (χ0n) is 19.7. The highest BCUT2D eigenvalue weighted by Gasteiger charge is 2.27. The van der Waals surface area contributed by atoms with Crippen molar-refractivity contribution in [2.24, 2.45) is 0 Å². The predicted octanol–water partition coefficient (Wildman–Crippen LogP) is 4.31. The van der Waals surface area contributed by atoms with Crippen LogP contribution < -0.4 is 15.5 Å². The summed E-state index contributed by atoms with van der Waals surface area (Å²) in [4.78, 5) is 36.7. The number of nitrogens with one attached hydrogen (secondary N) is 2. The molecule has 4 aromatic rings. The first kappa shape index (κ1) is 22.0. The Kier molecular flexibility index (Phi) is 5.65. The molecule has 7 heteroatoms. The van der Waals surface area contributed by atoms with Crippen LogP contribution in [0.15, 0.2) is 72.9 Å². The molecule has 2 aliphatic rings. The summed E-state index contributed by atoms with van der Waals surface area (Å²) < 4.78 is 0. The Balaban J connectivity index is 1.33. The molecule has 178 valence electrons. The van der Waals surface area contributed by atoms with Crippen LogP contribution in [0.4, 0.5) is 11.5 Å². The molecule has 3 heterocycles. The number of rotatable bonds is 4. The molecule has 7 nitrogen and oxygen atoms in total. The highest BCUT2D eigenvalue weighted by atomic mass is 16.2. The number of benzene rings is 2. The fraction of sp³-hybridized carbons (Fsp3) is 0.172. The number of hydrogen-bond donors (Lipinski definition) is 2. The maximum Gasteiger partial charge on any atom is 0.256 e. The van der Waals surface area contributed by atoms with Gasteiger partial charge in [-0.3, -0.25) is 9.59 Å². The first-order valence-corrected chi connectivity index (χ1v) is 12.1. The lowest BCUT2D eigenvalue weighted by Gasteiger charge is -2.27. The minimum Gasteiger partial charge on any atom is -0.353 e. The van der Waals surface area contributed by atoms with Crippen molar-refractivity contribution in [2.45, 2.75) is 12.8 Å². The zero-order valence-corrected chi connectivity index (χ0v) is 19.7. The van der Waals surface area contributed by atoms with E-state index in [0.717, 1.165) is 46.1 Å². The number of nitrogens with zero attached hydrogens (tertiary/aromatic N) is 3. The van der Waals surface area contributed by atoms with Crippen molar-refractivity contribution in [3.05, 3.63) is 95.3 Å². The summed E-state index contributed by atoms with van der Waals surface area (Å²) in [5.41, 5.74) is 6.24. The highest BCUT2D eigenvalue weighted by molar-refractivity contribution is 6.14. The second-order valence-electron chi connectivity index (χ2n) is 9.04. The Morgan fingerprint density at radius 2 is 1.83 bits per heavy atom. The SMILES string of the molecule is O=C1CN(c2ccc(NC(=O)c3c4c(nc5ccccc35)/C(=C\c3ccccc3)CC4)cn2)CCN1. The van der Waals surface area contributed by atoms with Gasteiger partial charge in [-0.25, -0.2) is 9.97 Å². The number of pyridine rings is 2. The smallest absolute Gasteiger partial charge is 0.256 e. The summed E-state index contributed by atoms with van der Waals surface area (Å²) in [6.45, 7) is 1.59. The van der Waals surface area contributed by atoms with Crippen LogP contribution in [0.1, 0.15) is 33.6 Å². The number of fused-ring (bicyclic) bond motifs is 2. The lowest BCUT2D eigenvalue weighted by atomic mass is 10.00. The van der Waals surface area contributed by atoms with Crippen LogP contribution >= 0.6 is 0 Å². The third-order valence-corrected chi connectivity index (χ3v) is 6.68. The van der Waals surface area contributed by atoms with E-state index in [0.29, 0.717) is 30.2 Å². The molecule has 1 aliphatic heterocycles. The van der Waals surface area contributed by atoms with Crippen molar-refractivity contribution in [1.82, 2.24) is 15.3 Å². The lowest BCUT2D eigenvalue weighted by molar-refractivity contribution is -0.120. The first-order valence-electron chi connectivity index (χ1n) is 12.1. The van der Waals surface area contributed by atoms with E-state index >= 15 is 0 Å². The number of aromatic nitrogens is 2. The van der Waals surface area contributed by atoms with E-state index in [1.165, 1.54) is 0 Å². The summed E-state index contributed by atoms with van der Waals surface area (Å²) in [6.07, 6.45) is 5.42. The first-order chi connectivity index (χ1) is 17.7. The zero-order chi connectivity index (χ0) is 24.5. The van der Waals surface area contributed by atoms with Gasteiger partial charge in [0.2, 0.25) is 5.91 Å². The average molecular weight is 476 g/mol. The Morgan fingerprint density at radius 3 is 2.64 bits per heavy atom. The summed E-state index contributed by atoms with van der Waals surface area (Å²) in [5.74, 6) is 0.533. The van der Waals surface area contributed by atoms with Gasteiger partial charge in [0, 0.05) is 18.5 Å². The number of allylic oxidation sites excluding steroid dienone is 1. The van der Waals surface area contributed by atoms with Gasteiger partial charge in [0.05, 0.1) is 35.2 Å². The Morgan fingerprint density at radius 1 is 1.00 bits per heavy atom. The molecular formula is C29H25N5O2. The van der Waals surface area contributed by atoms with Gasteiger partial charge in [0.15, 0.2) is 0 Å². The van der Waals surface area contributed by atoms with Gasteiger partial charge in [-0.2, -0.15) is 0 Å². The van der Waals surface area contributed by atoms with Crippen molar-refractivity contribution in [1.29, 1.82) is 0 Å². The van der Waals surface area contributed by atoms with E-state index < -0.39 is 0 Å². The molecule has 2 N–H and O–H groups in total. The van der Waals surface area contributed by atoms with Gasteiger partial charge in [-0.05, 0) is 53.8 Å². The van der Waals surface area contributed by atoms with Gasteiger partial charge in [-0.1, -0.05) is 48.5 Å².